The standard InChI is InChI=1S/C14H19N3S/c1-3-14-12(9-10(2)16-17-14)13(15)7-6-11-5-4-8-18-11/h4-5,8-9,13H,3,6-7,15H2,1-2H3. The Morgan fingerprint density at radius 1 is 1.39 bits per heavy atom. The zero-order valence-corrected chi connectivity index (χ0v) is 11.7. The minimum absolute atomic E-state index is 0.0521. The van der Waals surface area contributed by atoms with Crippen LogP contribution in [-0.2, 0) is 12.8 Å². The van der Waals surface area contributed by atoms with Crippen LogP contribution in [0.1, 0.15) is 41.2 Å². The number of hydrogen-bond acceptors (Lipinski definition) is 4. The molecule has 2 heterocycles. The van der Waals surface area contributed by atoms with Crippen molar-refractivity contribution in [1.29, 1.82) is 0 Å². The van der Waals surface area contributed by atoms with Crippen LogP contribution in [0, 0.1) is 6.92 Å². The lowest BCUT2D eigenvalue weighted by Gasteiger charge is -2.14. The van der Waals surface area contributed by atoms with Gasteiger partial charge in [0.2, 0.25) is 0 Å². The van der Waals surface area contributed by atoms with Crippen molar-refractivity contribution in [2.24, 2.45) is 5.73 Å². The lowest BCUT2D eigenvalue weighted by atomic mass is 9.99. The molecule has 0 aliphatic heterocycles. The van der Waals surface area contributed by atoms with Crippen LogP contribution in [0.2, 0.25) is 0 Å². The van der Waals surface area contributed by atoms with Crippen LogP contribution >= 0.6 is 11.3 Å². The average molecular weight is 261 g/mol. The van der Waals surface area contributed by atoms with Gasteiger partial charge in [-0.15, -0.1) is 11.3 Å². The van der Waals surface area contributed by atoms with Gasteiger partial charge in [0.25, 0.3) is 0 Å². The molecule has 0 aromatic carbocycles. The van der Waals surface area contributed by atoms with Gasteiger partial charge in [-0.05, 0) is 49.3 Å². The first-order chi connectivity index (χ1) is 8.70. The van der Waals surface area contributed by atoms with Gasteiger partial charge in [0.05, 0.1) is 11.4 Å². The van der Waals surface area contributed by atoms with E-state index in [9.17, 15) is 0 Å². The number of thiophene rings is 1. The van der Waals surface area contributed by atoms with Crippen molar-refractivity contribution in [1.82, 2.24) is 10.2 Å². The summed E-state index contributed by atoms with van der Waals surface area (Å²) in [6, 6.07) is 6.37. The molecule has 0 spiro atoms. The van der Waals surface area contributed by atoms with Crippen molar-refractivity contribution in [3.63, 3.8) is 0 Å². The molecular weight excluding hydrogens is 242 g/mol. The predicted molar refractivity (Wildman–Crippen MR) is 75.7 cm³/mol. The number of aromatic nitrogens is 2. The van der Waals surface area contributed by atoms with E-state index in [0.29, 0.717) is 0 Å². The first-order valence-corrected chi connectivity index (χ1v) is 7.19. The average Bonchev–Trinajstić information content (AvgIpc) is 2.89. The number of hydrogen-bond donors (Lipinski definition) is 1. The summed E-state index contributed by atoms with van der Waals surface area (Å²) in [7, 11) is 0. The zero-order chi connectivity index (χ0) is 13.0. The van der Waals surface area contributed by atoms with Gasteiger partial charge in [0.15, 0.2) is 0 Å². The molecule has 2 aromatic heterocycles. The van der Waals surface area contributed by atoms with E-state index in [-0.39, 0.29) is 6.04 Å². The fraction of sp³-hybridized carbons (Fsp3) is 0.429. The summed E-state index contributed by atoms with van der Waals surface area (Å²) < 4.78 is 0. The van der Waals surface area contributed by atoms with Crippen LogP contribution in [0.3, 0.4) is 0 Å². The fourth-order valence-electron chi connectivity index (χ4n) is 2.04. The van der Waals surface area contributed by atoms with Crippen molar-refractivity contribution in [2.45, 2.75) is 39.2 Å². The Labute approximate surface area is 112 Å². The molecule has 4 heteroatoms. The van der Waals surface area contributed by atoms with Crippen molar-refractivity contribution in [2.75, 3.05) is 0 Å². The number of nitrogens with zero attached hydrogens (tertiary/aromatic N) is 2. The maximum atomic E-state index is 6.29. The molecule has 96 valence electrons. The van der Waals surface area contributed by atoms with E-state index < -0.39 is 0 Å². The Morgan fingerprint density at radius 2 is 2.22 bits per heavy atom. The highest BCUT2D eigenvalue weighted by atomic mass is 32.1. The van der Waals surface area contributed by atoms with Crippen LogP contribution in [-0.4, -0.2) is 10.2 Å². The Morgan fingerprint density at radius 3 is 2.89 bits per heavy atom. The second-order valence-electron chi connectivity index (χ2n) is 4.47. The largest absolute Gasteiger partial charge is 0.324 e. The SMILES string of the molecule is CCc1nnc(C)cc1C(N)CCc1cccs1. The topological polar surface area (TPSA) is 51.8 Å². The Balaban J connectivity index is 2.08. The summed E-state index contributed by atoms with van der Waals surface area (Å²) in [4.78, 5) is 1.39. The van der Waals surface area contributed by atoms with Gasteiger partial charge in [0.1, 0.15) is 0 Å². The Kier molecular flexibility index (Phi) is 4.44. The minimum atomic E-state index is 0.0521. The van der Waals surface area contributed by atoms with E-state index in [0.717, 1.165) is 36.2 Å². The van der Waals surface area contributed by atoms with Crippen molar-refractivity contribution in [3.05, 3.63) is 45.4 Å². The summed E-state index contributed by atoms with van der Waals surface area (Å²) in [5.74, 6) is 0. The van der Waals surface area contributed by atoms with Gasteiger partial charge >= 0.3 is 0 Å². The summed E-state index contributed by atoms with van der Waals surface area (Å²) in [5.41, 5.74) is 9.41. The quantitative estimate of drug-likeness (QED) is 0.900. The van der Waals surface area contributed by atoms with Crippen LogP contribution in [0.4, 0.5) is 0 Å². The van der Waals surface area contributed by atoms with Gasteiger partial charge in [-0.3, -0.25) is 0 Å². The van der Waals surface area contributed by atoms with Gasteiger partial charge in [-0.2, -0.15) is 10.2 Å². The molecule has 0 fully saturated rings. The molecule has 2 aromatic rings. The molecule has 0 amide bonds. The third-order valence-electron chi connectivity index (χ3n) is 3.04. The highest BCUT2D eigenvalue weighted by Crippen LogP contribution is 2.21. The van der Waals surface area contributed by atoms with Crippen LogP contribution in [0.5, 0.6) is 0 Å². The third kappa shape index (κ3) is 3.15. The van der Waals surface area contributed by atoms with Crippen molar-refractivity contribution in [3.8, 4) is 0 Å². The van der Waals surface area contributed by atoms with Gasteiger partial charge in [-0.1, -0.05) is 13.0 Å². The molecule has 3 nitrogen and oxygen atoms in total. The lowest BCUT2D eigenvalue weighted by molar-refractivity contribution is 0.637. The van der Waals surface area contributed by atoms with E-state index in [1.54, 1.807) is 11.3 Å². The summed E-state index contributed by atoms with van der Waals surface area (Å²) in [6.07, 6.45) is 2.87. The van der Waals surface area contributed by atoms with Crippen LogP contribution < -0.4 is 5.73 Å². The monoisotopic (exact) mass is 261 g/mol. The smallest absolute Gasteiger partial charge is 0.0676 e. The highest BCUT2D eigenvalue weighted by Gasteiger charge is 2.12. The van der Waals surface area contributed by atoms with Crippen LogP contribution in [0.15, 0.2) is 23.6 Å². The molecule has 18 heavy (non-hydrogen) atoms. The van der Waals surface area contributed by atoms with Crippen molar-refractivity contribution >= 4 is 11.3 Å². The molecule has 0 aliphatic carbocycles. The van der Waals surface area contributed by atoms with Crippen molar-refractivity contribution < 1.29 is 0 Å². The first kappa shape index (κ1) is 13.2. The van der Waals surface area contributed by atoms with E-state index in [2.05, 4.69) is 40.7 Å². The highest BCUT2D eigenvalue weighted by molar-refractivity contribution is 7.09. The molecule has 1 atom stereocenters. The molecular formula is C14H19N3S. The van der Waals surface area contributed by atoms with Gasteiger partial charge in [-0.25, -0.2) is 0 Å². The molecule has 0 radical (unpaired) electrons. The number of nitrogens with two attached hydrogens (primary N) is 1. The van der Waals surface area contributed by atoms with Crippen LogP contribution in [0.25, 0.3) is 0 Å². The predicted octanol–water partition coefficient (Wildman–Crippen LogP) is 3.04. The molecule has 0 saturated carbocycles. The molecule has 0 bridgehead atoms. The zero-order valence-electron chi connectivity index (χ0n) is 10.9. The summed E-state index contributed by atoms with van der Waals surface area (Å²) >= 11 is 1.79. The molecule has 1 unspecified atom stereocenters. The Hall–Kier alpha value is -1.26. The fourth-order valence-corrected chi connectivity index (χ4v) is 2.76. The van der Waals surface area contributed by atoms with E-state index in [4.69, 9.17) is 5.73 Å². The minimum Gasteiger partial charge on any atom is -0.324 e. The summed E-state index contributed by atoms with van der Waals surface area (Å²) in [5, 5.41) is 10.4. The second kappa shape index (κ2) is 6.07. The maximum absolute atomic E-state index is 6.29. The van der Waals surface area contributed by atoms with Gasteiger partial charge in [0, 0.05) is 10.9 Å². The molecule has 0 aliphatic rings. The first-order valence-electron chi connectivity index (χ1n) is 6.31. The molecule has 2 N–H and O–H groups in total. The summed E-state index contributed by atoms with van der Waals surface area (Å²) in [6.45, 7) is 4.05. The second-order valence-corrected chi connectivity index (χ2v) is 5.50. The van der Waals surface area contributed by atoms with E-state index >= 15 is 0 Å². The molecule has 0 saturated heterocycles. The maximum Gasteiger partial charge on any atom is 0.0676 e. The molecule has 2 rings (SSSR count). The normalized spacial score (nSPS) is 12.6. The van der Waals surface area contributed by atoms with E-state index in [1.807, 2.05) is 6.92 Å². The number of rotatable bonds is 5. The lowest BCUT2D eigenvalue weighted by Crippen LogP contribution is -2.15. The Bertz CT molecular complexity index is 494. The van der Waals surface area contributed by atoms with Gasteiger partial charge < -0.3 is 5.73 Å². The third-order valence-corrected chi connectivity index (χ3v) is 3.98. The number of aryl methyl sites for hydroxylation is 3. The van der Waals surface area contributed by atoms with E-state index in [1.165, 1.54) is 4.88 Å².